The summed E-state index contributed by atoms with van der Waals surface area (Å²) < 4.78 is 0. The molecule has 0 aromatic heterocycles. The van der Waals surface area contributed by atoms with E-state index in [9.17, 15) is 4.79 Å². The Hall–Kier alpha value is -0.450. The number of ketones is 1. The molecule has 4 heteroatoms. The minimum absolute atomic E-state index is 0.193. The van der Waals surface area contributed by atoms with E-state index in [2.05, 4.69) is 5.59 Å². The van der Waals surface area contributed by atoms with E-state index < -0.39 is 0 Å². The molecule has 0 saturated carbocycles. The molecule has 13 heavy (non-hydrogen) atoms. The molecular formula is C9H18N2O2. The van der Waals surface area contributed by atoms with Gasteiger partial charge in [-0.2, -0.15) is 0 Å². The Morgan fingerprint density at radius 3 is 2.31 bits per heavy atom. The number of hydrogen-bond donors (Lipinski definition) is 1. The van der Waals surface area contributed by atoms with Crippen LogP contribution in [0.15, 0.2) is 0 Å². The van der Waals surface area contributed by atoms with Crippen LogP contribution in [0.4, 0.5) is 0 Å². The van der Waals surface area contributed by atoms with Crippen molar-refractivity contribution in [2.24, 2.45) is 0 Å². The monoisotopic (exact) mass is 186 g/mol. The largest absolute Gasteiger partial charge is 0.300 e. The molecular weight excluding hydrogens is 168 g/mol. The molecule has 1 saturated heterocycles. The van der Waals surface area contributed by atoms with E-state index in [-0.39, 0.29) is 5.60 Å². The summed E-state index contributed by atoms with van der Waals surface area (Å²) in [5.41, 5.74) is 2.67. The van der Waals surface area contributed by atoms with Crippen LogP contribution in [0, 0.1) is 0 Å². The second-order valence-corrected chi connectivity index (χ2v) is 4.33. The van der Waals surface area contributed by atoms with E-state index in [1.165, 1.54) is 0 Å². The predicted octanol–water partition coefficient (Wildman–Crippen LogP) is 0.886. The van der Waals surface area contributed by atoms with Gasteiger partial charge < -0.3 is 0 Å². The van der Waals surface area contributed by atoms with Crippen molar-refractivity contribution in [1.29, 1.82) is 0 Å². The summed E-state index contributed by atoms with van der Waals surface area (Å²) in [4.78, 5) is 16.3. The van der Waals surface area contributed by atoms with Crippen molar-refractivity contribution in [1.82, 2.24) is 10.6 Å². The minimum atomic E-state index is -0.193. The van der Waals surface area contributed by atoms with E-state index in [0.717, 1.165) is 13.1 Å². The number of carbonyl (C=O) groups is 1. The van der Waals surface area contributed by atoms with Crippen molar-refractivity contribution >= 4 is 5.78 Å². The second-order valence-electron chi connectivity index (χ2n) is 4.33. The van der Waals surface area contributed by atoms with Crippen molar-refractivity contribution in [3.63, 3.8) is 0 Å². The van der Waals surface area contributed by atoms with Gasteiger partial charge in [0.05, 0.1) is 5.60 Å². The maximum atomic E-state index is 10.9. The molecule has 1 heterocycles. The number of hydrogen-bond acceptors (Lipinski definition) is 4. The summed E-state index contributed by atoms with van der Waals surface area (Å²) >= 11 is 0. The Morgan fingerprint density at radius 2 is 1.85 bits per heavy atom. The summed E-state index contributed by atoms with van der Waals surface area (Å²) in [5, 5.41) is 1.94. The molecule has 76 valence electrons. The number of nitrogens with one attached hydrogen (secondary N) is 1. The molecule has 1 N–H and O–H groups in total. The molecule has 4 nitrogen and oxygen atoms in total. The minimum Gasteiger partial charge on any atom is -0.300 e. The van der Waals surface area contributed by atoms with Crippen molar-refractivity contribution in [3.05, 3.63) is 0 Å². The molecule has 1 aliphatic rings. The van der Waals surface area contributed by atoms with Gasteiger partial charge in [-0.15, -0.1) is 5.59 Å². The summed E-state index contributed by atoms with van der Waals surface area (Å²) in [6.45, 7) is 7.43. The first-order valence-corrected chi connectivity index (χ1v) is 4.68. The smallest absolute Gasteiger partial charge is 0.135 e. The van der Waals surface area contributed by atoms with E-state index in [1.807, 2.05) is 25.8 Å². The van der Waals surface area contributed by atoms with Crippen molar-refractivity contribution in [3.8, 4) is 0 Å². The van der Waals surface area contributed by atoms with Crippen LogP contribution in [-0.4, -0.2) is 29.5 Å². The second kappa shape index (κ2) is 4.17. The lowest BCUT2D eigenvalue weighted by atomic mass is 10.1. The molecule has 0 spiro atoms. The lowest BCUT2D eigenvalue weighted by Gasteiger charge is -2.29. The third kappa shape index (κ3) is 4.36. The number of carbonyl (C=O) groups excluding carboxylic acids is 1. The summed E-state index contributed by atoms with van der Waals surface area (Å²) in [5.74, 6) is 0.341. The normalized spacial score (nSPS) is 20.7. The van der Waals surface area contributed by atoms with Crippen LogP contribution in [0.2, 0.25) is 0 Å². The van der Waals surface area contributed by atoms with Gasteiger partial charge >= 0.3 is 0 Å². The highest BCUT2D eigenvalue weighted by molar-refractivity contribution is 5.79. The molecule has 0 aliphatic carbocycles. The topological polar surface area (TPSA) is 41.6 Å². The zero-order chi connectivity index (χ0) is 9.90. The quantitative estimate of drug-likeness (QED) is 0.650. The Balaban J connectivity index is 2.20. The van der Waals surface area contributed by atoms with Crippen LogP contribution in [-0.2, 0) is 9.63 Å². The molecule has 0 unspecified atom stereocenters. The van der Waals surface area contributed by atoms with Crippen LogP contribution >= 0.6 is 0 Å². The Kier molecular flexibility index (Phi) is 3.41. The highest BCUT2D eigenvalue weighted by Gasteiger charge is 2.18. The Bertz CT molecular complexity index is 177. The molecule has 0 amide bonds. The summed E-state index contributed by atoms with van der Waals surface area (Å²) in [6, 6.07) is 0. The highest BCUT2D eigenvalue weighted by atomic mass is 16.7. The summed E-state index contributed by atoms with van der Waals surface area (Å²) in [6.07, 6.45) is 1.25. The highest BCUT2D eigenvalue weighted by Crippen LogP contribution is 2.07. The van der Waals surface area contributed by atoms with E-state index in [1.54, 1.807) is 0 Å². The Labute approximate surface area is 79.2 Å². The number of nitrogens with zero attached hydrogens (tertiary/aromatic N) is 1. The van der Waals surface area contributed by atoms with Gasteiger partial charge in [-0.3, -0.25) is 9.63 Å². The van der Waals surface area contributed by atoms with E-state index >= 15 is 0 Å². The number of Topliss-reactive ketones (excluding diaryl/α,β-unsaturated/α-hetero) is 1. The zero-order valence-electron chi connectivity index (χ0n) is 8.59. The molecule has 1 rings (SSSR count). The lowest BCUT2D eigenvalue weighted by molar-refractivity contribution is -0.162. The molecule has 0 bridgehead atoms. The molecule has 0 aromatic carbocycles. The fourth-order valence-electron chi connectivity index (χ4n) is 1.05. The average molecular weight is 186 g/mol. The van der Waals surface area contributed by atoms with Crippen LogP contribution in [0.3, 0.4) is 0 Å². The van der Waals surface area contributed by atoms with Gasteiger partial charge in [0.15, 0.2) is 0 Å². The van der Waals surface area contributed by atoms with Gasteiger partial charge in [-0.25, -0.2) is 5.01 Å². The fourth-order valence-corrected chi connectivity index (χ4v) is 1.05. The van der Waals surface area contributed by atoms with E-state index in [0.29, 0.717) is 18.6 Å². The maximum absolute atomic E-state index is 10.9. The van der Waals surface area contributed by atoms with Gasteiger partial charge in [0, 0.05) is 25.9 Å². The maximum Gasteiger partial charge on any atom is 0.135 e. The van der Waals surface area contributed by atoms with Crippen LogP contribution in [0.1, 0.15) is 33.6 Å². The molecule has 0 radical (unpaired) electrons. The molecule has 1 aliphatic heterocycles. The van der Waals surface area contributed by atoms with Gasteiger partial charge in [-0.05, 0) is 20.8 Å². The molecule has 0 aromatic rings. The Morgan fingerprint density at radius 1 is 1.31 bits per heavy atom. The fraction of sp³-hybridized carbons (Fsp3) is 0.889. The van der Waals surface area contributed by atoms with Crippen LogP contribution in [0.25, 0.3) is 0 Å². The third-order valence-corrected chi connectivity index (χ3v) is 1.80. The number of rotatable bonds is 2. The first kappa shape index (κ1) is 10.6. The van der Waals surface area contributed by atoms with Crippen molar-refractivity contribution in [2.45, 2.75) is 39.2 Å². The third-order valence-electron chi connectivity index (χ3n) is 1.80. The van der Waals surface area contributed by atoms with Crippen LogP contribution < -0.4 is 5.59 Å². The molecule has 0 atom stereocenters. The van der Waals surface area contributed by atoms with Gasteiger partial charge in [0.25, 0.3) is 0 Å². The first-order valence-electron chi connectivity index (χ1n) is 4.68. The number of piperidine rings is 1. The van der Waals surface area contributed by atoms with Gasteiger partial charge in [0.2, 0.25) is 0 Å². The standard InChI is InChI=1S/C9H18N2O2/c1-9(2,3)13-10-11-6-4-8(12)5-7-11/h10H,4-7H2,1-3H3. The van der Waals surface area contributed by atoms with E-state index in [4.69, 9.17) is 4.84 Å². The van der Waals surface area contributed by atoms with Gasteiger partial charge in [-0.1, -0.05) is 0 Å². The van der Waals surface area contributed by atoms with Crippen molar-refractivity contribution in [2.75, 3.05) is 13.1 Å². The lowest BCUT2D eigenvalue weighted by Crippen LogP contribution is -2.46. The molecule has 1 fully saturated rings. The summed E-state index contributed by atoms with van der Waals surface area (Å²) in [7, 11) is 0. The predicted molar refractivity (Wildman–Crippen MR) is 49.8 cm³/mol. The average Bonchev–Trinajstić information content (AvgIpc) is 2.02. The number of hydrazine groups is 1. The SMILES string of the molecule is CC(C)(C)ONN1CCC(=O)CC1. The first-order chi connectivity index (χ1) is 5.97. The van der Waals surface area contributed by atoms with Crippen LogP contribution in [0.5, 0.6) is 0 Å². The van der Waals surface area contributed by atoms with Crippen molar-refractivity contribution < 1.29 is 9.63 Å². The van der Waals surface area contributed by atoms with Gasteiger partial charge in [0.1, 0.15) is 5.78 Å². The zero-order valence-corrected chi connectivity index (χ0v) is 8.59.